The van der Waals surface area contributed by atoms with Crippen molar-refractivity contribution in [3.05, 3.63) is 30.1 Å². The molecule has 1 aliphatic heterocycles. The Kier molecular flexibility index (Phi) is 3.06. The number of ether oxygens (including phenoxy) is 1. The zero-order chi connectivity index (χ0) is 10.7. The molecule has 0 saturated carbocycles. The highest BCUT2D eigenvalue weighted by molar-refractivity contribution is 5.18. The maximum absolute atomic E-state index is 5.67. The Morgan fingerprint density at radius 3 is 3.00 bits per heavy atom. The lowest BCUT2D eigenvalue weighted by Gasteiger charge is -2.23. The van der Waals surface area contributed by atoms with E-state index >= 15 is 0 Å². The number of hydrogen-bond acceptors (Lipinski definition) is 3. The molecule has 2 rings (SSSR count). The summed E-state index contributed by atoms with van der Waals surface area (Å²) >= 11 is 0. The molecule has 1 unspecified atom stereocenters. The monoisotopic (exact) mass is 207 g/mol. The molecule has 0 amide bonds. The first-order valence-electron chi connectivity index (χ1n) is 5.29. The number of hydrogen-bond donors (Lipinski definition) is 1. The molecule has 1 N–H and O–H groups in total. The minimum absolute atomic E-state index is 0.123. The Morgan fingerprint density at radius 1 is 1.60 bits per heavy atom. The van der Waals surface area contributed by atoms with Gasteiger partial charge in [0.05, 0.1) is 24.8 Å². The molecule has 1 aliphatic rings. The van der Waals surface area contributed by atoms with Crippen molar-refractivity contribution in [1.82, 2.24) is 14.9 Å². The zero-order valence-electron chi connectivity index (χ0n) is 9.23. The highest BCUT2D eigenvalue weighted by atomic mass is 16.5. The molecular weight excluding hydrogens is 190 g/mol. The van der Waals surface area contributed by atoms with E-state index in [-0.39, 0.29) is 6.04 Å². The number of nitrogens with zero attached hydrogens (tertiary/aromatic N) is 2. The predicted octanol–water partition coefficient (Wildman–Crippen LogP) is 1.37. The summed E-state index contributed by atoms with van der Waals surface area (Å²) in [5, 5.41) is 3.26. The van der Waals surface area contributed by atoms with Gasteiger partial charge in [-0.1, -0.05) is 0 Å². The van der Waals surface area contributed by atoms with E-state index in [9.17, 15) is 0 Å². The van der Waals surface area contributed by atoms with E-state index in [0.717, 1.165) is 30.9 Å². The highest BCUT2D eigenvalue weighted by Crippen LogP contribution is 2.24. The van der Waals surface area contributed by atoms with Crippen LogP contribution in [0.5, 0.6) is 0 Å². The molecule has 4 heteroatoms. The van der Waals surface area contributed by atoms with E-state index in [1.165, 1.54) is 0 Å². The molecule has 0 fully saturated rings. The predicted molar refractivity (Wildman–Crippen MR) is 58.3 cm³/mol. The maximum atomic E-state index is 5.67. The van der Waals surface area contributed by atoms with Gasteiger partial charge in [-0.3, -0.25) is 0 Å². The van der Waals surface area contributed by atoms with Crippen LogP contribution in [0.1, 0.15) is 24.6 Å². The van der Waals surface area contributed by atoms with Gasteiger partial charge in [-0.15, -0.1) is 0 Å². The summed E-state index contributed by atoms with van der Waals surface area (Å²) in [7, 11) is 3.94. The van der Waals surface area contributed by atoms with Gasteiger partial charge < -0.3 is 14.6 Å². The van der Waals surface area contributed by atoms with Crippen molar-refractivity contribution in [3.63, 3.8) is 0 Å². The lowest BCUT2D eigenvalue weighted by Crippen LogP contribution is -2.23. The molecule has 2 heterocycles. The standard InChI is InChI=1S/C11H17N3O/c1-12-11(9-7-13-8-14(9)2)10-5-3-4-6-15-10/h5,7-8,11-12H,3-4,6H2,1-2H3. The van der Waals surface area contributed by atoms with Gasteiger partial charge in [0.25, 0.3) is 0 Å². The van der Waals surface area contributed by atoms with Gasteiger partial charge in [-0.25, -0.2) is 4.98 Å². The molecular formula is C11H17N3O. The van der Waals surface area contributed by atoms with Crippen molar-refractivity contribution in [2.45, 2.75) is 18.9 Å². The van der Waals surface area contributed by atoms with E-state index in [0.29, 0.717) is 0 Å². The van der Waals surface area contributed by atoms with Gasteiger partial charge in [-0.05, 0) is 26.0 Å². The number of aryl methyl sites for hydroxylation is 1. The molecule has 1 atom stereocenters. The summed E-state index contributed by atoms with van der Waals surface area (Å²) in [6.45, 7) is 0.821. The van der Waals surface area contributed by atoms with Gasteiger partial charge in [0.1, 0.15) is 11.8 Å². The van der Waals surface area contributed by atoms with Crippen LogP contribution in [0.3, 0.4) is 0 Å². The quantitative estimate of drug-likeness (QED) is 0.813. The van der Waals surface area contributed by atoms with Crippen molar-refractivity contribution in [3.8, 4) is 0 Å². The largest absolute Gasteiger partial charge is 0.496 e. The van der Waals surface area contributed by atoms with Gasteiger partial charge >= 0.3 is 0 Å². The van der Waals surface area contributed by atoms with Crippen LogP contribution in [0.15, 0.2) is 24.4 Å². The zero-order valence-corrected chi connectivity index (χ0v) is 9.23. The normalized spacial score (nSPS) is 18.1. The van der Waals surface area contributed by atoms with E-state index in [4.69, 9.17) is 4.74 Å². The molecule has 82 valence electrons. The van der Waals surface area contributed by atoms with Crippen molar-refractivity contribution in [1.29, 1.82) is 0 Å². The van der Waals surface area contributed by atoms with Gasteiger partial charge in [0.2, 0.25) is 0 Å². The molecule has 0 radical (unpaired) electrons. The Balaban J connectivity index is 2.24. The topological polar surface area (TPSA) is 39.1 Å². The molecule has 0 aliphatic carbocycles. The second kappa shape index (κ2) is 4.49. The van der Waals surface area contributed by atoms with Crippen molar-refractivity contribution in [2.24, 2.45) is 7.05 Å². The van der Waals surface area contributed by atoms with Crippen LogP contribution in [-0.4, -0.2) is 23.2 Å². The summed E-state index contributed by atoms with van der Waals surface area (Å²) in [4.78, 5) is 4.13. The fourth-order valence-corrected chi connectivity index (χ4v) is 1.86. The van der Waals surface area contributed by atoms with Crippen molar-refractivity contribution in [2.75, 3.05) is 13.7 Å². The van der Waals surface area contributed by atoms with Crippen molar-refractivity contribution >= 4 is 0 Å². The summed E-state index contributed by atoms with van der Waals surface area (Å²) in [5.74, 6) is 1.02. The smallest absolute Gasteiger partial charge is 0.115 e. The Morgan fingerprint density at radius 2 is 2.47 bits per heavy atom. The van der Waals surface area contributed by atoms with Crippen LogP contribution in [-0.2, 0) is 11.8 Å². The minimum atomic E-state index is 0.123. The molecule has 15 heavy (non-hydrogen) atoms. The average Bonchev–Trinajstić information content (AvgIpc) is 2.68. The first kappa shape index (κ1) is 10.2. The lowest BCUT2D eigenvalue weighted by molar-refractivity contribution is 0.168. The van der Waals surface area contributed by atoms with Crippen LogP contribution >= 0.6 is 0 Å². The summed E-state index contributed by atoms with van der Waals surface area (Å²) in [6, 6.07) is 0.123. The Labute approximate surface area is 90.0 Å². The third-order valence-electron chi connectivity index (χ3n) is 2.69. The third-order valence-corrected chi connectivity index (χ3v) is 2.69. The number of likely N-dealkylation sites (N-methyl/N-ethyl adjacent to an activating group) is 1. The first-order valence-corrected chi connectivity index (χ1v) is 5.29. The molecule has 1 aromatic heterocycles. The number of allylic oxidation sites excluding steroid dienone is 1. The van der Waals surface area contributed by atoms with Crippen LogP contribution < -0.4 is 5.32 Å². The van der Waals surface area contributed by atoms with Gasteiger partial charge in [-0.2, -0.15) is 0 Å². The van der Waals surface area contributed by atoms with E-state index in [1.807, 2.05) is 31.2 Å². The Hall–Kier alpha value is -1.29. The summed E-state index contributed by atoms with van der Waals surface area (Å²) < 4.78 is 7.68. The maximum Gasteiger partial charge on any atom is 0.115 e. The molecule has 0 bridgehead atoms. The summed E-state index contributed by atoms with van der Waals surface area (Å²) in [6.07, 6.45) is 8.07. The van der Waals surface area contributed by atoms with E-state index in [2.05, 4.69) is 16.4 Å². The lowest BCUT2D eigenvalue weighted by atomic mass is 10.1. The second-order valence-electron chi connectivity index (χ2n) is 3.75. The second-order valence-corrected chi connectivity index (χ2v) is 3.75. The molecule has 0 spiro atoms. The number of rotatable bonds is 3. The first-order chi connectivity index (χ1) is 7.33. The van der Waals surface area contributed by atoms with Crippen LogP contribution in [0.25, 0.3) is 0 Å². The molecule has 4 nitrogen and oxygen atoms in total. The van der Waals surface area contributed by atoms with Gasteiger partial charge in [0.15, 0.2) is 0 Å². The van der Waals surface area contributed by atoms with Gasteiger partial charge in [0, 0.05) is 7.05 Å². The molecule has 0 aromatic carbocycles. The minimum Gasteiger partial charge on any atom is -0.496 e. The van der Waals surface area contributed by atoms with Crippen molar-refractivity contribution < 1.29 is 4.74 Å². The van der Waals surface area contributed by atoms with Crippen LogP contribution in [0.4, 0.5) is 0 Å². The number of imidazole rings is 1. The number of aromatic nitrogens is 2. The fraction of sp³-hybridized carbons (Fsp3) is 0.545. The summed E-state index contributed by atoms with van der Waals surface area (Å²) in [5.41, 5.74) is 1.13. The average molecular weight is 207 g/mol. The van der Waals surface area contributed by atoms with E-state index in [1.54, 1.807) is 0 Å². The molecule has 0 saturated heterocycles. The highest BCUT2D eigenvalue weighted by Gasteiger charge is 2.20. The van der Waals surface area contributed by atoms with Crippen LogP contribution in [0.2, 0.25) is 0 Å². The Bertz CT molecular complexity index is 356. The number of nitrogens with one attached hydrogen (secondary N) is 1. The third kappa shape index (κ3) is 2.04. The fourth-order valence-electron chi connectivity index (χ4n) is 1.86. The SMILES string of the molecule is CNC(C1=CCCCO1)c1cncn1C. The van der Waals surface area contributed by atoms with Crippen LogP contribution in [0, 0.1) is 0 Å². The van der Waals surface area contributed by atoms with E-state index < -0.39 is 0 Å². The molecule has 1 aromatic rings.